The van der Waals surface area contributed by atoms with Crippen molar-refractivity contribution in [3.05, 3.63) is 54.3 Å². The number of carbonyl (C=O) groups is 2. The van der Waals surface area contributed by atoms with Gasteiger partial charge in [-0.3, -0.25) is 19.9 Å². The average molecular weight is 457 g/mol. The molecule has 8 nitrogen and oxygen atoms in total. The van der Waals surface area contributed by atoms with Crippen molar-refractivity contribution in [1.82, 2.24) is 15.6 Å². The molecule has 4 N–H and O–H groups in total. The normalized spacial score (nSPS) is 19.7. The Labute approximate surface area is 191 Å². The predicted octanol–water partition coefficient (Wildman–Crippen LogP) is 2.04. The van der Waals surface area contributed by atoms with Gasteiger partial charge in [0.15, 0.2) is 0 Å². The summed E-state index contributed by atoms with van der Waals surface area (Å²) in [6, 6.07) is 5.00. The monoisotopic (exact) mass is 456 g/mol. The lowest BCUT2D eigenvalue weighted by molar-refractivity contribution is -0.124. The van der Waals surface area contributed by atoms with Crippen LogP contribution in [0.3, 0.4) is 0 Å². The Morgan fingerprint density at radius 1 is 1.25 bits per heavy atom. The third kappa shape index (κ3) is 5.05. The molecule has 0 unspecified atom stereocenters. The first-order valence-electron chi connectivity index (χ1n) is 10.2. The van der Waals surface area contributed by atoms with Crippen LogP contribution in [-0.4, -0.2) is 61.2 Å². The summed E-state index contributed by atoms with van der Waals surface area (Å²) < 4.78 is 11.4. The maximum Gasteiger partial charge on any atom is 0.252 e. The van der Waals surface area contributed by atoms with E-state index in [-0.39, 0.29) is 11.5 Å². The molecule has 0 radical (unpaired) electrons. The van der Waals surface area contributed by atoms with Gasteiger partial charge in [0.1, 0.15) is 23.1 Å². The van der Waals surface area contributed by atoms with Crippen LogP contribution >= 0.6 is 11.8 Å². The van der Waals surface area contributed by atoms with Gasteiger partial charge in [0.05, 0.1) is 18.2 Å². The van der Waals surface area contributed by atoms with E-state index in [0.717, 1.165) is 12.2 Å². The van der Waals surface area contributed by atoms with Crippen LogP contribution in [0.1, 0.15) is 16.8 Å². The van der Waals surface area contributed by atoms with Crippen LogP contribution < -0.4 is 25.8 Å². The van der Waals surface area contributed by atoms with Gasteiger partial charge in [-0.05, 0) is 49.8 Å². The fourth-order valence-electron chi connectivity index (χ4n) is 3.45. The Hall–Kier alpha value is -3.04. The lowest BCUT2D eigenvalue weighted by Crippen LogP contribution is -2.54. The van der Waals surface area contributed by atoms with Gasteiger partial charge >= 0.3 is 0 Å². The molecular weight excluding hydrogens is 428 g/mol. The molecule has 1 aliphatic carbocycles. The number of carbonyl (C=O) groups excluding carboxylic acids is 2. The van der Waals surface area contributed by atoms with E-state index < -0.39 is 17.6 Å². The van der Waals surface area contributed by atoms with Gasteiger partial charge < -0.3 is 20.5 Å². The fourth-order valence-corrected chi connectivity index (χ4v) is 3.88. The molecule has 0 saturated heterocycles. The van der Waals surface area contributed by atoms with Crippen molar-refractivity contribution >= 4 is 34.5 Å². The smallest absolute Gasteiger partial charge is 0.252 e. The molecule has 0 bridgehead atoms. The van der Waals surface area contributed by atoms with Crippen molar-refractivity contribution in [2.75, 3.05) is 32.7 Å². The van der Waals surface area contributed by atoms with Crippen molar-refractivity contribution in [2.45, 2.75) is 18.1 Å². The number of benzene rings is 1. The SMILES string of the molecule is CNC1(C(=O)NCCCSC)C=CC(Oc2ccnc3cc(OC)c(C(N)=O)cc23)C=C1. The maximum absolute atomic E-state index is 12.7. The molecule has 2 aromatic rings. The molecule has 0 atom stereocenters. The average Bonchev–Trinajstić information content (AvgIpc) is 2.81. The molecule has 0 fully saturated rings. The standard InChI is InChI=1S/C23H28N4O4S/c1-25-23(22(29)27-10-4-12-32-3)8-5-15(6-9-23)31-19-7-11-26-18-14-20(30-2)17(21(24)28)13-16(18)19/h5-9,11,13-15,25H,4,10,12H2,1-3H3,(H2,24,28)(H,27,29). The number of hydrogen-bond acceptors (Lipinski definition) is 7. The van der Waals surface area contributed by atoms with Crippen molar-refractivity contribution < 1.29 is 19.1 Å². The maximum atomic E-state index is 12.7. The second-order valence-electron chi connectivity index (χ2n) is 7.26. The molecule has 2 amide bonds. The van der Waals surface area contributed by atoms with Gasteiger partial charge in [-0.15, -0.1) is 0 Å². The molecule has 0 spiro atoms. The van der Waals surface area contributed by atoms with Crippen molar-refractivity contribution in [3.8, 4) is 11.5 Å². The lowest BCUT2D eigenvalue weighted by Gasteiger charge is -2.29. The summed E-state index contributed by atoms with van der Waals surface area (Å²) in [4.78, 5) is 28.9. The Morgan fingerprint density at radius 2 is 2.00 bits per heavy atom. The molecule has 0 aliphatic heterocycles. The lowest BCUT2D eigenvalue weighted by atomic mass is 9.92. The molecule has 32 heavy (non-hydrogen) atoms. The zero-order chi connectivity index (χ0) is 23.1. The van der Waals surface area contributed by atoms with Gasteiger partial charge in [0.2, 0.25) is 5.91 Å². The minimum atomic E-state index is -0.925. The highest BCUT2D eigenvalue weighted by atomic mass is 32.2. The number of amides is 2. The van der Waals surface area contributed by atoms with Crippen molar-refractivity contribution in [1.29, 1.82) is 0 Å². The molecule has 1 aliphatic rings. The number of nitrogens with two attached hydrogens (primary N) is 1. The highest BCUT2D eigenvalue weighted by Crippen LogP contribution is 2.31. The Balaban J connectivity index is 1.79. The topological polar surface area (TPSA) is 116 Å². The van der Waals surface area contributed by atoms with Crippen molar-refractivity contribution in [2.24, 2.45) is 5.73 Å². The number of pyridine rings is 1. The van der Waals surface area contributed by atoms with Crippen molar-refractivity contribution in [3.63, 3.8) is 0 Å². The van der Waals surface area contributed by atoms with Crippen LogP contribution in [0.4, 0.5) is 0 Å². The first-order chi connectivity index (χ1) is 15.4. The first-order valence-corrected chi connectivity index (χ1v) is 11.6. The van der Waals surface area contributed by atoms with Gasteiger partial charge in [-0.25, -0.2) is 0 Å². The van der Waals surface area contributed by atoms with E-state index in [1.54, 1.807) is 55.4 Å². The molecule has 170 valence electrons. The van der Waals surface area contributed by atoms with Gasteiger partial charge in [-0.2, -0.15) is 11.8 Å². The van der Waals surface area contributed by atoms with E-state index in [0.29, 0.717) is 28.9 Å². The number of fused-ring (bicyclic) bond motifs is 1. The minimum absolute atomic E-state index is 0.111. The summed E-state index contributed by atoms with van der Waals surface area (Å²) in [6.45, 7) is 0.624. The minimum Gasteiger partial charge on any atom is -0.496 e. The van der Waals surface area contributed by atoms with Crippen LogP contribution in [0.15, 0.2) is 48.7 Å². The molecule has 9 heteroatoms. The number of ether oxygens (including phenoxy) is 2. The third-order valence-electron chi connectivity index (χ3n) is 5.25. The molecule has 0 saturated carbocycles. The van der Waals surface area contributed by atoms with E-state index >= 15 is 0 Å². The second kappa shape index (κ2) is 10.5. The third-order valence-corrected chi connectivity index (χ3v) is 5.95. The van der Waals surface area contributed by atoms with Gasteiger partial charge in [0, 0.05) is 24.2 Å². The summed E-state index contributed by atoms with van der Waals surface area (Å²) in [6.07, 6.45) is 11.4. The number of aromatic nitrogens is 1. The molecule has 1 aromatic carbocycles. The zero-order valence-electron chi connectivity index (χ0n) is 18.4. The summed E-state index contributed by atoms with van der Waals surface area (Å²) >= 11 is 1.75. The second-order valence-corrected chi connectivity index (χ2v) is 8.25. The number of primary amides is 1. The van der Waals surface area contributed by atoms with Crippen LogP contribution in [0, 0.1) is 0 Å². The quantitative estimate of drug-likeness (QED) is 0.370. The van der Waals surface area contributed by atoms with Crippen LogP contribution in [0.25, 0.3) is 10.9 Å². The van der Waals surface area contributed by atoms with Crippen LogP contribution in [0.2, 0.25) is 0 Å². The zero-order valence-corrected chi connectivity index (χ0v) is 19.2. The highest BCUT2D eigenvalue weighted by molar-refractivity contribution is 7.98. The van der Waals surface area contributed by atoms with E-state index in [2.05, 4.69) is 15.6 Å². The van der Waals surface area contributed by atoms with Crippen LogP contribution in [-0.2, 0) is 4.79 Å². The first kappa shape index (κ1) is 23.6. The Bertz CT molecular complexity index is 1040. The predicted molar refractivity (Wildman–Crippen MR) is 127 cm³/mol. The van der Waals surface area contributed by atoms with Crippen LogP contribution in [0.5, 0.6) is 11.5 Å². The van der Waals surface area contributed by atoms with E-state index in [1.807, 2.05) is 18.4 Å². The Morgan fingerprint density at radius 3 is 2.62 bits per heavy atom. The van der Waals surface area contributed by atoms with E-state index in [1.165, 1.54) is 7.11 Å². The molecule has 3 rings (SSSR count). The number of nitrogens with one attached hydrogen (secondary N) is 2. The highest BCUT2D eigenvalue weighted by Gasteiger charge is 2.33. The van der Waals surface area contributed by atoms with Gasteiger partial charge in [0.25, 0.3) is 5.91 Å². The number of methoxy groups -OCH3 is 1. The number of rotatable bonds is 10. The largest absolute Gasteiger partial charge is 0.496 e. The fraction of sp³-hybridized carbons (Fsp3) is 0.348. The van der Waals surface area contributed by atoms with E-state index in [9.17, 15) is 9.59 Å². The number of hydrogen-bond donors (Lipinski definition) is 3. The summed E-state index contributed by atoms with van der Waals surface area (Å²) in [5, 5.41) is 6.70. The Kier molecular flexibility index (Phi) is 7.76. The number of nitrogens with zero attached hydrogens (tertiary/aromatic N) is 1. The summed E-state index contributed by atoms with van der Waals surface area (Å²) in [5.41, 5.74) is 5.43. The number of thioether (sulfide) groups is 1. The van der Waals surface area contributed by atoms with E-state index in [4.69, 9.17) is 15.2 Å². The molecular formula is C23H28N4O4S. The molecule has 1 aromatic heterocycles. The summed E-state index contributed by atoms with van der Waals surface area (Å²) in [5.74, 6) is 1.18. The molecule has 1 heterocycles. The van der Waals surface area contributed by atoms with Gasteiger partial charge in [-0.1, -0.05) is 12.2 Å². The summed E-state index contributed by atoms with van der Waals surface area (Å²) in [7, 11) is 3.21. The number of likely N-dealkylation sites (N-methyl/N-ethyl adjacent to an activating group) is 1.